The lowest BCUT2D eigenvalue weighted by atomic mass is 9.65. The number of benzene rings is 2. The Hall–Kier alpha value is -2.29. The summed E-state index contributed by atoms with van der Waals surface area (Å²) in [5.74, 6) is 1.56. The molecule has 3 unspecified atom stereocenters. The molecular formula is C29H39BrN4O3. The number of hydrogen-bond donors (Lipinski definition) is 2. The topological polar surface area (TPSA) is 66.1 Å². The molecule has 2 N–H and O–H groups in total. The monoisotopic (exact) mass is 570 g/mol. The van der Waals surface area contributed by atoms with E-state index in [0.29, 0.717) is 12.1 Å². The average molecular weight is 572 g/mol. The maximum Gasteiger partial charge on any atom is 0.319 e. The molecule has 2 saturated heterocycles. The molecule has 3 aliphatic rings. The molecule has 3 fully saturated rings. The van der Waals surface area contributed by atoms with Crippen molar-refractivity contribution in [2.75, 3.05) is 46.2 Å². The lowest BCUT2D eigenvalue weighted by Crippen LogP contribution is -2.56. The maximum atomic E-state index is 12.9. The normalized spacial score (nSPS) is 26.9. The van der Waals surface area contributed by atoms with Crippen LogP contribution in [0.2, 0.25) is 0 Å². The molecule has 2 aliphatic heterocycles. The van der Waals surface area contributed by atoms with Crippen molar-refractivity contribution in [3.63, 3.8) is 0 Å². The van der Waals surface area contributed by atoms with Gasteiger partial charge in [0.05, 0.1) is 14.2 Å². The molecule has 3 atom stereocenters. The van der Waals surface area contributed by atoms with Crippen LogP contribution in [0.1, 0.15) is 44.1 Å². The molecule has 5 rings (SSSR count). The van der Waals surface area contributed by atoms with Gasteiger partial charge in [0.15, 0.2) is 11.5 Å². The number of nitrogens with one attached hydrogen (secondary N) is 2. The summed E-state index contributed by atoms with van der Waals surface area (Å²) in [5, 5.41) is 6.30. The van der Waals surface area contributed by atoms with Gasteiger partial charge >= 0.3 is 6.03 Å². The number of methoxy groups -OCH3 is 2. The molecule has 2 aromatic carbocycles. The summed E-state index contributed by atoms with van der Waals surface area (Å²) in [6.07, 6.45) is 6.49. The first-order valence-corrected chi connectivity index (χ1v) is 14.2. The fraction of sp³-hybridized carbons (Fsp3) is 0.552. The van der Waals surface area contributed by atoms with E-state index in [0.717, 1.165) is 67.0 Å². The maximum absolute atomic E-state index is 12.9. The van der Waals surface area contributed by atoms with Crippen molar-refractivity contribution in [1.29, 1.82) is 0 Å². The third-order valence-corrected chi connectivity index (χ3v) is 9.33. The van der Waals surface area contributed by atoms with Gasteiger partial charge in [0.1, 0.15) is 0 Å². The zero-order chi connectivity index (χ0) is 26.0. The molecule has 0 spiro atoms. The zero-order valence-corrected chi connectivity index (χ0v) is 23.7. The lowest BCUT2D eigenvalue weighted by molar-refractivity contribution is 0.0673. The van der Waals surface area contributed by atoms with Gasteiger partial charge in [0.25, 0.3) is 0 Å². The van der Waals surface area contributed by atoms with E-state index < -0.39 is 0 Å². The summed E-state index contributed by atoms with van der Waals surface area (Å²) in [5.41, 5.74) is 2.18. The Kier molecular flexibility index (Phi) is 7.98. The van der Waals surface area contributed by atoms with E-state index in [1.54, 1.807) is 14.2 Å². The largest absolute Gasteiger partial charge is 0.493 e. The Labute approximate surface area is 229 Å². The zero-order valence-electron chi connectivity index (χ0n) is 22.1. The van der Waals surface area contributed by atoms with Gasteiger partial charge in [-0.2, -0.15) is 0 Å². The standard InChI is InChI=1S/C29H39BrN4O3/c1-33-14-10-24(11-15-33)34-16-13-29(20-7-8-25(36-2)26(17-20)37-3)12-9-23(19-27(29)34)32-28(35)31-22-6-4-5-21(30)18-22/h4-8,17-18,23-24,27H,9-16,19H2,1-3H3,(H2,31,32,35). The molecule has 1 saturated carbocycles. The highest BCUT2D eigenvalue weighted by Gasteiger charge is 2.53. The summed E-state index contributed by atoms with van der Waals surface area (Å²) >= 11 is 3.48. The Balaban J connectivity index is 1.37. The molecule has 8 heteroatoms. The minimum atomic E-state index is -0.134. The van der Waals surface area contributed by atoms with E-state index in [-0.39, 0.29) is 17.5 Å². The summed E-state index contributed by atoms with van der Waals surface area (Å²) in [4.78, 5) is 18.1. The third kappa shape index (κ3) is 5.47. The molecule has 7 nitrogen and oxygen atoms in total. The number of fused-ring (bicyclic) bond motifs is 1. The molecular weight excluding hydrogens is 532 g/mol. The molecule has 2 amide bonds. The summed E-state index contributed by atoms with van der Waals surface area (Å²) in [6, 6.07) is 15.2. The van der Waals surface area contributed by atoms with Crippen LogP contribution >= 0.6 is 15.9 Å². The van der Waals surface area contributed by atoms with Crippen molar-refractivity contribution < 1.29 is 14.3 Å². The van der Waals surface area contributed by atoms with Gasteiger partial charge < -0.3 is 25.0 Å². The quantitative estimate of drug-likeness (QED) is 0.496. The molecule has 0 radical (unpaired) electrons. The summed E-state index contributed by atoms with van der Waals surface area (Å²) in [7, 11) is 5.62. The summed E-state index contributed by atoms with van der Waals surface area (Å²) < 4.78 is 12.2. The fourth-order valence-electron chi connectivity index (χ4n) is 6.88. The van der Waals surface area contributed by atoms with Crippen molar-refractivity contribution in [1.82, 2.24) is 15.1 Å². The van der Waals surface area contributed by atoms with Gasteiger partial charge in [-0.25, -0.2) is 4.79 Å². The van der Waals surface area contributed by atoms with Crippen LogP contribution in [0.5, 0.6) is 11.5 Å². The number of urea groups is 1. The van der Waals surface area contributed by atoms with Crippen LogP contribution in [0.15, 0.2) is 46.9 Å². The number of ether oxygens (including phenoxy) is 2. The lowest BCUT2D eigenvalue weighted by Gasteiger charge is -2.48. The van der Waals surface area contributed by atoms with E-state index in [1.807, 2.05) is 30.3 Å². The van der Waals surface area contributed by atoms with Crippen molar-refractivity contribution in [2.45, 2.75) is 62.1 Å². The van der Waals surface area contributed by atoms with Crippen LogP contribution in [0.4, 0.5) is 10.5 Å². The molecule has 0 bridgehead atoms. The summed E-state index contributed by atoms with van der Waals surface area (Å²) in [6.45, 7) is 3.40. The fourth-order valence-corrected chi connectivity index (χ4v) is 7.28. The molecule has 37 heavy (non-hydrogen) atoms. The second-order valence-corrected chi connectivity index (χ2v) is 11.8. The van der Waals surface area contributed by atoms with Crippen molar-refractivity contribution in [3.05, 3.63) is 52.5 Å². The highest BCUT2D eigenvalue weighted by molar-refractivity contribution is 9.10. The third-order valence-electron chi connectivity index (χ3n) is 8.83. The number of amides is 2. The van der Waals surface area contributed by atoms with Gasteiger partial charge in [-0.3, -0.25) is 4.90 Å². The van der Waals surface area contributed by atoms with E-state index in [2.05, 4.69) is 55.5 Å². The Morgan fingerprint density at radius 3 is 2.51 bits per heavy atom. The van der Waals surface area contributed by atoms with Crippen LogP contribution < -0.4 is 20.1 Å². The minimum Gasteiger partial charge on any atom is -0.493 e. The predicted octanol–water partition coefficient (Wildman–Crippen LogP) is 5.25. The second-order valence-electron chi connectivity index (χ2n) is 10.8. The number of anilines is 1. The Bertz CT molecular complexity index is 1110. The molecule has 1 aliphatic carbocycles. The number of rotatable bonds is 6. The van der Waals surface area contributed by atoms with E-state index in [1.165, 1.54) is 18.4 Å². The molecule has 0 aromatic heterocycles. The second kappa shape index (κ2) is 11.2. The van der Waals surface area contributed by atoms with Crippen molar-refractivity contribution in [3.8, 4) is 11.5 Å². The number of likely N-dealkylation sites (tertiary alicyclic amines) is 2. The van der Waals surface area contributed by atoms with Gasteiger partial charge in [0.2, 0.25) is 0 Å². The number of hydrogen-bond acceptors (Lipinski definition) is 5. The SMILES string of the molecule is COc1ccc(C23CCC(NC(=O)Nc4cccc(Br)c4)CC2N(C2CCN(C)CC2)CC3)cc1OC. The van der Waals surface area contributed by atoms with Crippen LogP contribution in [0.3, 0.4) is 0 Å². The van der Waals surface area contributed by atoms with E-state index in [9.17, 15) is 4.79 Å². The van der Waals surface area contributed by atoms with Gasteiger partial charge in [-0.1, -0.05) is 28.1 Å². The molecule has 2 aromatic rings. The van der Waals surface area contributed by atoms with E-state index in [4.69, 9.17) is 9.47 Å². The van der Waals surface area contributed by atoms with Gasteiger partial charge in [-0.15, -0.1) is 0 Å². The smallest absolute Gasteiger partial charge is 0.319 e. The highest BCUT2D eigenvalue weighted by Crippen LogP contribution is 2.51. The minimum absolute atomic E-state index is 0.0574. The predicted molar refractivity (Wildman–Crippen MR) is 151 cm³/mol. The Morgan fingerprint density at radius 1 is 1.00 bits per heavy atom. The van der Waals surface area contributed by atoms with Gasteiger partial charge in [0, 0.05) is 33.7 Å². The number of carbonyl (C=O) groups is 1. The average Bonchev–Trinajstić information content (AvgIpc) is 3.28. The van der Waals surface area contributed by atoms with Crippen LogP contribution in [0, 0.1) is 0 Å². The first kappa shape index (κ1) is 26.3. The first-order valence-electron chi connectivity index (χ1n) is 13.4. The highest BCUT2D eigenvalue weighted by atomic mass is 79.9. The van der Waals surface area contributed by atoms with Crippen molar-refractivity contribution in [2.24, 2.45) is 0 Å². The molecule has 2 heterocycles. The van der Waals surface area contributed by atoms with Crippen LogP contribution in [-0.4, -0.2) is 74.9 Å². The molecule has 200 valence electrons. The van der Waals surface area contributed by atoms with Gasteiger partial charge in [-0.05, 0) is 101 Å². The number of piperidine rings is 1. The Morgan fingerprint density at radius 2 is 1.78 bits per heavy atom. The number of halogens is 1. The number of nitrogens with zero attached hydrogens (tertiary/aromatic N) is 2. The van der Waals surface area contributed by atoms with Crippen LogP contribution in [-0.2, 0) is 5.41 Å². The van der Waals surface area contributed by atoms with E-state index >= 15 is 0 Å². The number of carbonyl (C=O) groups excluding carboxylic acids is 1. The first-order chi connectivity index (χ1) is 17.9. The van der Waals surface area contributed by atoms with Crippen molar-refractivity contribution >= 4 is 27.6 Å². The van der Waals surface area contributed by atoms with Crippen LogP contribution in [0.25, 0.3) is 0 Å².